The van der Waals surface area contributed by atoms with Crippen LogP contribution in [0.3, 0.4) is 0 Å². The fraction of sp³-hybridized carbons (Fsp3) is 0.364. The van der Waals surface area contributed by atoms with E-state index in [1.165, 1.54) is 6.20 Å². The van der Waals surface area contributed by atoms with Gasteiger partial charge in [-0.15, -0.1) is 0 Å². The molecular weight excluding hydrogens is 208 g/mol. The van der Waals surface area contributed by atoms with Crippen molar-refractivity contribution in [2.75, 3.05) is 13.7 Å². The summed E-state index contributed by atoms with van der Waals surface area (Å²) >= 11 is 0. The highest BCUT2D eigenvalue weighted by Crippen LogP contribution is 2.20. The van der Waals surface area contributed by atoms with Crippen molar-refractivity contribution in [2.24, 2.45) is 5.73 Å². The summed E-state index contributed by atoms with van der Waals surface area (Å²) in [5, 5.41) is 9.67. The third-order valence-corrected chi connectivity index (χ3v) is 2.03. The number of hydrogen-bond donors (Lipinski definition) is 2. The highest BCUT2D eigenvalue weighted by atomic mass is 16.6. The molecule has 0 fully saturated rings. The van der Waals surface area contributed by atoms with E-state index in [1.54, 1.807) is 32.4 Å². The molecule has 0 aromatic carbocycles. The van der Waals surface area contributed by atoms with E-state index in [0.29, 0.717) is 23.6 Å². The average Bonchev–Trinajstić information content (AvgIpc) is 2.31. The second kappa shape index (κ2) is 6.09. The van der Waals surface area contributed by atoms with Crippen LogP contribution in [0.15, 0.2) is 24.5 Å². The van der Waals surface area contributed by atoms with Gasteiger partial charge in [-0.05, 0) is 13.0 Å². The van der Waals surface area contributed by atoms with Crippen LogP contribution >= 0.6 is 0 Å². The minimum absolute atomic E-state index is 0.391. The number of hydrogen-bond acceptors (Lipinski definition) is 5. The molecule has 0 amide bonds. The summed E-state index contributed by atoms with van der Waals surface area (Å²) in [5.41, 5.74) is 6.39. The largest absolute Gasteiger partial charge is 0.497 e. The number of nitrogens with zero attached hydrogens (tertiary/aromatic N) is 1. The van der Waals surface area contributed by atoms with Crippen LogP contribution in [0.4, 0.5) is 0 Å². The minimum Gasteiger partial charge on any atom is -0.497 e. The van der Waals surface area contributed by atoms with Crippen molar-refractivity contribution in [3.05, 3.63) is 30.2 Å². The van der Waals surface area contributed by atoms with Crippen LogP contribution < -0.4 is 10.5 Å². The molecule has 0 saturated carbocycles. The summed E-state index contributed by atoms with van der Waals surface area (Å²) < 4.78 is 10.1. The maximum Gasteiger partial charge on any atom is 0.184 e. The van der Waals surface area contributed by atoms with E-state index >= 15 is 0 Å². The van der Waals surface area contributed by atoms with Gasteiger partial charge in [0, 0.05) is 30.6 Å². The molecule has 1 unspecified atom stereocenters. The zero-order valence-corrected chi connectivity index (χ0v) is 9.38. The summed E-state index contributed by atoms with van der Waals surface area (Å²) in [6.45, 7) is 2.18. The molecule has 16 heavy (non-hydrogen) atoms. The summed E-state index contributed by atoms with van der Waals surface area (Å²) in [6.07, 6.45) is 1.79. The Morgan fingerprint density at radius 2 is 2.44 bits per heavy atom. The third kappa shape index (κ3) is 2.95. The first-order valence-electron chi connectivity index (χ1n) is 4.94. The lowest BCUT2D eigenvalue weighted by Crippen LogP contribution is -2.16. The summed E-state index contributed by atoms with van der Waals surface area (Å²) in [5.74, 6) is 0.646. The fourth-order valence-electron chi connectivity index (χ4n) is 1.24. The number of methoxy groups -OCH3 is 1. The molecule has 0 bridgehead atoms. The fourth-order valence-corrected chi connectivity index (χ4v) is 1.24. The second-order valence-corrected chi connectivity index (χ2v) is 3.01. The molecule has 0 radical (unpaired) electrons. The van der Waals surface area contributed by atoms with Gasteiger partial charge in [0.05, 0.1) is 12.8 Å². The standard InChI is InChI=1S/C11H16N2O3/c1-3-16-11(14)9(7-12)10-6-8(15-2)4-5-13-10/h4-7,11,14H,3,12H2,1-2H3. The molecule has 1 atom stereocenters. The van der Waals surface area contributed by atoms with Gasteiger partial charge >= 0.3 is 0 Å². The SMILES string of the molecule is CCOC(O)C(=CN)c1cc(OC)ccn1. The van der Waals surface area contributed by atoms with Crippen LogP contribution in [0, 0.1) is 0 Å². The summed E-state index contributed by atoms with van der Waals surface area (Å²) in [6, 6.07) is 3.39. The number of rotatable bonds is 5. The van der Waals surface area contributed by atoms with Crippen molar-refractivity contribution in [1.29, 1.82) is 0 Å². The maximum atomic E-state index is 9.67. The van der Waals surface area contributed by atoms with Gasteiger partial charge in [0.25, 0.3) is 0 Å². The lowest BCUT2D eigenvalue weighted by atomic mass is 10.1. The predicted molar refractivity (Wildman–Crippen MR) is 60.6 cm³/mol. The van der Waals surface area contributed by atoms with Gasteiger partial charge in [-0.1, -0.05) is 0 Å². The Morgan fingerprint density at radius 1 is 1.69 bits per heavy atom. The molecule has 0 saturated heterocycles. The molecule has 1 aromatic heterocycles. The first-order chi connectivity index (χ1) is 7.72. The van der Waals surface area contributed by atoms with Crippen molar-refractivity contribution >= 4 is 5.57 Å². The molecule has 0 aliphatic carbocycles. The van der Waals surface area contributed by atoms with E-state index in [-0.39, 0.29) is 0 Å². The summed E-state index contributed by atoms with van der Waals surface area (Å²) in [4.78, 5) is 4.09. The van der Waals surface area contributed by atoms with Crippen molar-refractivity contribution in [2.45, 2.75) is 13.2 Å². The topological polar surface area (TPSA) is 77.6 Å². The van der Waals surface area contributed by atoms with Crippen LogP contribution in [-0.2, 0) is 4.74 Å². The van der Waals surface area contributed by atoms with Gasteiger partial charge < -0.3 is 20.3 Å². The van der Waals surface area contributed by atoms with Crippen molar-refractivity contribution in [3.63, 3.8) is 0 Å². The molecular formula is C11H16N2O3. The van der Waals surface area contributed by atoms with Crippen LogP contribution in [-0.4, -0.2) is 30.1 Å². The summed E-state index contributed by atoms with van der Waals surface area (Å²) in [7, 11) is 1.56. The number of nitrogens with two attached hydrogens (primary N) is 1. The van der Waals surface area contributed by atoms with Crippen molar-refractivity contribution < 1.29 is 14.6 Å². The van der Waals surface area contributed by atoms with Gasteiger partial charge in [-0.2, -0.15) is 0 Å². The Morgan fingerprint density at radius 3 is 3.00 bits per heavy atom. The van der Waals surface area contributed by atoms with Gasteiger partial charge in [0.2, 0.25) is 0 Å². The lowest BCUT2D eigenvalue weighted by Gasteiger charge is -2.14. The van der Waals surface area contributed by atoms with E-state index in [1.807, 2.05) is 0 Å². The second-order valence-electron chi connectivity index (χ2n) is 3.01. The Balaban J connectivity index is 2.95. The van der Waals surface area contributed by atoms with E-state index in [0.717, 1.165) is 0 Å². The normalized spacial score (nSPS) is 13.6. The number of aromatic nitrogens is 1. The van der Waals surface area contributed by atoms with Crippen LogP contribution in [0.25, 0.3) is 5.57 Å². The average molecular weight is 224 g/mol. The highest BCUT2D eigenvalue weighted by molar-refractivity contribution is 5.65. The smallest absolute Gasteiger partial charge is 0.184 e. The van der Waals surface area contributed by atoms with Gasteiger partial charge in [0.15, 0.2) is 6.29 Å². The van der Waals surface area contributed by atoms with Crippen molar-refractivity contribution in [3.8, 4) is 5.75 Å². The molecule has 0 spiro atoms. The Bertz CT molecular complexity index is 366. The van der Waals surface area contributed by atoms with E-state index in [4.69, 9.17) is 15.2 Å². The quantitative estimate of drug-likeness (QED) is 0.721. The molecule has 3 N–H and O–H groups in total. The number of aliphatic hydroxyl groups excluding tert-OH is 1. The molecule has 1 aromatic rings. The molecule has 88 valence electrons. The Hall–Kier alpha value is -1.59. The first kappa shape index (κ1) is 12.5. The lowest BCUT2D eigenvalue weighted by molar-refractivity contribution is -0.0513. The maximum absolute atomic E-state index is 9.67. The number of aliphatic hydroxyl groups is 1. The molecule has 0 aliphatic heterocycles. The highest BCUT2D eigenvalue weighted by Gasteiger charge is 2.14. The Labute approximate surface area is 94.5 Å². The molecule has 1 heterocycles. The number of ether oxygens (including phenoxy) is 2. The predicted octanol–water partition coefficient (Wildman–Crippen LogP) is 0.745. The van der Waals surface area contributed by atoms with Gasteiger partial charge in [0.1, 0.15) is 5.75 Å². The Kier molecular flexibility index (Phi) is 4.75. The van der Waals surface area contributed by atoms with Crippen LogP contribution in [0.1, 0.15) is 12.6 Å². The minimum atomic E-state index is -1.07. The van der Waals surface area contributed by atoms with E-state index in [2.05, 4.69) is 4.98 Å². The van der Waals surface area contributed by atoms with E-state index < -0.39 is 6.29 Å². The zero-order valence-electron chi connectivity index (χ0n) is 9.38. The van der Waals surface area contributed by atoms with Gasteiger partial charge in [-0.25, -0.2) is 0 Å². The van der Waals surface area contributed by atoms with Crippen molar-refractivity contribution in [1.82, 2.24) is 4.98 Å². The first-order valence-corrected chi connectivity index (χ1v) is 4.94. The zero-order chi connectivity index (χ0) is 12.0. The molecule has 1 rings (SSSR count). The molecule has 0 aliphatic rings. The third-order valence-electron chi connectivity index (χ3n) is 2.03. The van der Waals surface area contributed by atoms with Gasteiger partial charge in [-0.3, -0.25) is 4.98 Å². The number of pyridine rings is 1. The van der Waals surface area contributed by atoms with E-state index in [9.17, 15) is 5.11 Å². The van der Waals surface area contributed by atoms with Crippen LogP contribution in [0.2, 0.25) is 0 Å². The molecule has 5 nitrogen and oxygen atoms in total. The monoisotopic (exact) mass is 224 g/mol. The van der Waals surface area contributed by atoms with Crippen LogP contribution in [0.5, 0.6) is 5.75 Å². The molecule has 5 heteroatoms.